The van der Waals surface area contributed by atoms with Gasteiger partial charge in [-0.25, -0.2) is 4.98 Å². The van der Waals surface area contributed by atoms with E-state index in [0.29, 0.717) is 5.89 Å². The molecule has 5 heteroatoms. The Labute approximate surface area is 179 Å². The Balaban J connectivity index is 1.52. The predicted molar refractivity (Wildman–Crippen MR) is 123 cm³/mol. The van der Waals surface area contributed by atoms with Gasteiger partial charge in [0.1, 0.15) is 5.52 Å². The molecule has 0 atom stereocenters. The third kappa shape index (κ3) is 4.54. The first-order valence-electron chi connectivity index (χ1n) is 8.30. The van der Waals surface area contributed by atoms with Crippen molar-refractivity contribution in [1.82, 2.24) is 4.98 Å². The summed E-state index contributed by atoms with van der Waals surface area (Å²) in [4.78, 5) is 9.07. The van der Waals surface area contributed by atoms with Crippen LogP contribution in [0.2, 0.25) is 0 Å². The number of allylic oxidation sites excluding steroid dienone is 1. The number of oxazole rings is 1. The second kappa shape index (κ2) is 8.19. The van der Waals surface area contributed by atoms with E-state index in [9.17, 15) is 0 Å². The molecule has 3 aromatic carbocycles. The number of hydrogen-bond acceptors (Lipinski definition) is 3. The highest BCUT2D eigenvalue weighted by atomic mass is 127. The number of hydrogen-bond donors (Lipinski definition) is 0. The topological polar surface area (TPSA) is 38.4 Å². The molecule has 27 heavy (non-hydrogen) atoms. The molecule has 0 amide bonds. The first-order chi connectivity index (χ1) is 13.2. The summed E-state index contributed by atoms with van der Waals surface area (Å²) in [5.41, 5.74) is 4.49. The molecule has 0 bridgehead atoms. The number of halogens is 2. The minimum atomic E-state index is 0.623. The van der Waals surface area contributed by atoms with Crippen LogP contribution in [0, 0.1) is 3.57 Å². The van der Waals surface area contributed by atoms with Crippen LogP contribution in [0.25, 0.3) is 28.6 Å². The van der Waals surface area contributed by atoms with Gasteiger partial charge in [-0.2, -0.15) is 0 Å². The van der Waals surface area contributed by atoms with Crippen molar-refractivity contribution in [2.24, 2.45) is 4.99 Å². The van der Waals surface area contributed by atoms with Gasteiger partial charge in [0, 0.05) is 19.8 Å². The Morgan fingerprint density at radius 1 is 0.963 bits per heavy atom. The summed E-state index contributed by atoms with van der Waals surface area (Å²) in [7, 11) is 0. The fraction of sp³-hybridized carbons (Fsp3) is 0. The summed E-state index contributed by atoms with van der Waals surface area (Å²) in [5, 5.41) is 0. The third-order valence-electron chi connectivity index (χ3n) is 3.93. The number of benzene rings is 3. The Morgan fingerprint density at radius 3 is 2.52 bits per heavy atom. The quantitative estimate of drug-likeness (QED) is 0.206. The van der Waals surface area contributed by atoms with Crippen LogP contribution in [0.15, 0.2) is 86.7 Å². The zero-order chi connectivity index (χ0) is 18.6. The van der Waals surface area contributed by atoms with E-state index in [-0.39, 0.29) is 0 Å². The van der Waals surface area contributed by atoms with Gasteiger partial charge in [-0.1, -0.05) is 34.1 Å². The molecule has 0 radical (unpaired) electrons. The molecular weight excluding hydrogens is 515 g/mol. The SMILES string of the molecule is Brc1ccc(/C=C/C=Nc2ccc3oc(-c4ccc(I)cc4)nc3c2)cc1. The summed E-state index contributed by atoms with van der Waals surface area (Å²) < 4.78 is 8.11. The van der Waals surface area contributed by atoms with Gasteiger partial charge >= 0.3 is 0 Å². The van der Waals surface area contributed by atoms with E-state index < -0.39 is 0 Å². The van der Waals surface area contributed by atoms with Gasteiger partial charge in [0.05, 0.1) is 5.69 Å². The molecule has 0 aliphatic carbocycles. The molecule has 0 spiro atoms. The van der Waals surface area contributed by atoms with Crippen LogP contribution in [0.1, 0.15) is 5.56 Å². The monoisotopic (exact) mass is 528 g/mol. The zero-order valence-corrected chi connectivity index (χ0v) is 17.9. The predicted octanol–water partition coefficient (Wildman–Crippen LogP) is 7.28. The van der Waals surface area contributed by atoms with Crippen molar-refractivity contribution < 1.29 is 4.42 Å². The molecule has 4 rings (SSSR count). The second-order valence-corrected chi connectivity index (χ2v) is 8.03. The highest BCUT2D eigenvalue weighted by molar-refractivity contribution is 14.1. The van der Waals surface area contributed by atoms with E-state index in [2.05, 4.69) is 48.5 Å². The van der Waals surface area contributed by atoms with E-state index in [1.165, 1.54) is 3.57 Å². The molecule has 0 unspecified atom stereocenters. The molecule has 3 nitrogen and oxygen atoms in total. The van der Waals surface area contributed by atoms with Crippen molar-refractivity contribution in [2.45, 2.75) is 0 Å². The minimum Gasteiger partial charge on any atom is -0.436 e. The molecule has 0 aliphatic heterocycles. The maximum absolute atomic E-state index is 5.86. The van der Waals surface area contributed by atoms with Crippen LogP contribution in [-0.4, -0.2) is 11.2 Å². The molecule has 0 fully saturated rings. The molecule has 0 aliphatic rings. The van der Waals surface area contributed by atoms with Gasteiger partial charge in [-0.05, 0) is 88.8 Å². The lowest BCUT2D eigenvalue weighted by Crippen LogP contribution is -1.77. The number of aromatic nitrogens is 1. The maximum atomic E-state index is 5.86. The second-order valence-electron chi connectivity index (χ2n) is 5.87. The highest BCUT2D eigenvalue weighted by Gasteiger charge is 2.08. The summed E-state index contributed by atoms with van der Waals surface area (Å²) in [5.74, 6) is 0.623. The number of nitrogens with zero attached hydrogens (tertiary/aromatic N) is 2. The summed E-state index contributed by atoms with van der Waals surface area (Å²) in [6, 6.07) is 22.0. The van der Waals surface area contributed by atoms with Crippen molar-refractivity contribution in [3.05, 3.63) is 86.4 Å². The van der Waals surface area contributed by atoms with Crippen molar-refractivity contribution in [2.75, 3.05) is 0 Å². The molecule has 0 saturated heterocycles. The van der Waals surface area contributed by atoms with Crippen LogP contribution in [-0.2, 0) is 0 Å². The molecule has 4 aromatic rings. The Morgan fingerprint density at radius 2 is 1.74 bits per heavy atom. The van der Waals surface area contributed by atoms with Crippen molar-refractivity contribution in [1.29, 1.82) is 0 Å². The van der Waals surface area contributed by atoms with Gasteiger partial charge in [0.2, 0.25) is 5.89 Å². The van der Waals surface area contributed by atoms with Gasteiger partial charge in [-0.15, -0.1) is 0 Å². The third-order valence-corrected chi connectivity index (χ3v) is 5.18. The summed E-state index contributed by atoms with van der Waals surface area (Å²) >= 11 is 5.71. The number of rotatable bonds is 4. The lowest BCUT2D eigenvalue weighted by molar-refractivity contribution is 0.620. The molecular formula is C22H14BrIN2O. The lowest BCUT2D eigenvalue weighted by Gasteiger charge is -1.94. The largest absolute Gasteiger partial charge is 0.436 e. The summed E-state index contributed by atoms with van der Waals surface area (Å²) in [6.07, 6.45) is 5.72. The maximum Gasteiger partial charge on any atom is 0.227 e. The molecule has 132 valence electrons. The molecule has 0 N–H and O–H groups in total. The number of aliphatic imine (C=N–C) groups is 1. The van der Waals surface area contributed by atoms with Crippen LogP contribution in [0.3, 0.4) is 0 Å². The zero-order valence-electron chi connectivity index (χ0n) is 14.1. The van der Waals surface area contributed by atoms with E-state index >= 15 is 0 Å². The van der Waals surface area contributed by atoms with E-state index in [0.717, 1.165) is 32.4 Å². The Bertz CT molecular complexity index is 1130. The smallest absolute Gasteiger partial charge is 0.227 e. The Hall–Kier alpha value is -2.25. The van der Waals surface area contributed by atoms with E-state index in [1.54, 1.807) is 6.21 Å². The van der Waals surface area contributed by atoms with Gasteiger partial charge in [0.25, 0.3) is 0 Å². The average Bonchev–Trinajstić information content (AvgIpc) is 3.10. The van der Waals surface area contributed by atoms with Crippen LogP contribution in [0.5, 0.6) is 0 Å². The normalized spacial score (nSPS) is 11.8. The standard InChI is InChI=1S/C22H14BrIN2O/c23-17-7-3-15(4-8-17)2-1-13-25-19-11-12-21-20(14-19)26-22(27-21)16-5-9-18(24)10-6-16/h1-14H/b2-1+,25-13?. The molecule has 0 saturated carbocycles. The van der Waals surface area contributed by atoms with Crippen LogP contribution < -0.4 is 0 Å². The van der Waals surface area contributed by atoms with Gasteiger partial charge in [0.15, 0.2) is 5.58 Å². The summed E-state index contributed by atoms with van der Waals surface area (Å²) in [6.45, 7) is 0. The van der Waals surface area contributed by atoms with Gasteiger partial charge in [-0.3, -0.25) is 4.99 Å². The van der Waals surface area contributed by atoms with Gasteiger partial charge < -0.3 is 4.42 Å². The average molecular weight is 529 g/mol. The molecule has 1 aromatic heterocycles. The fourth-order valence-electron chi connectivity index (χ4n) is 2.57. The van der Waals surface area contributed by atoms with Crippen LogP contribution >= 0.6 is 38.5 Å². The van der Waals surface area contributed by atoms with Crippen molar-refractivity contribution in [3.63, 3.8) is 0 Å². The molecule has 1 heterocycles. The fourth-order valence-corrected chi connectivity index (χ4v) is 3.19. The Kier molecular flexibility index (Phi) is 5.50. The first-order valence-corrected chi connectivity index (χ1v) is 10.2. The van der Waals surface area contributed by atoms with E-state index in [1.807, 2.05) is 78.9 Å². The highest BCUT2D eigenvalue weighted by Crippen LogP contribution is 2.27. The number of fused-ring (bicyclic) bond motifs is 1. The van der Waals surface area contributed by atoms with Crippen LogP contribution in [0.4, 0.5) is 5.69 Å². The first kappa shape index (κ1) is 18.1. The van der Waals surface area contributed by atoms with Crippen molar-refractivity contribution >= 4 is 67.6 Å². The van der Waals surface area contributed by atoms with E-state index in [4.69, 9.17) is 4.42 Å². The minimum absolute atomic E-state index is 0.623. The van der Waals surface area contributed by atoms with Crippen molar-refractivity contribution in [3.8, 4) is 11.5 Å². The lowest BCUT2D eigenvalue weighted by atomic mass is 10.2.